The number of ether oxygens (including phenoxy) is 3. The number of hydrogen-bond donors (Lipinski definition) is 0. The van der Waals surface area contributed by atoms with E-state index in [4.69, 9.17) is 14.2 Å². The van der Waals surface area contributed by atoms with Crippen molar-refractivity contribution in [2.24, 2.45) is 0 Å². The Kier molecular flexibility index (Phi) is 51.5. The van der Waals surface area contributed by atoms with E-state index in [9.17, 15) is 14.4 Å². The monoisotopic (exact) mass is 929 g/mol. The molecule has 0 rings (SSSR count). The summed E-state index contributed by atoms with van der Waals surface area (Å²) in [4.78, 5) is 38.0. The lowest BCUT2D eigenvalue weighted by Crippen LogP contribution is -2.30. The Morgan fingerprint density at radius 1 is 0.328 bits per heavy atom. The first-order valence-electron chi connectivity index (χ1n) is 27.4. The van der Waals surface area contributed by atoms with Gasteiger partial charge < -0.3 is 14.2 Å². The van der Waals surface area contributed by atoms with E-state index in [1.165, 1.54) is 89.9 Å². The third-order valence-corrected chi connectivity index (χ3v) is 11.3. The van der Waals surface area contributed by atoms with E-state index < -0.39 is 6.10 Å². The minimum absolute atomic E-state index is 0.104. The van der Waals surface area contributed by atoms with Gasteiger partial charge in [0.15, 0.2) is 6.10 Å². The molecule has 0 aromatic heterocycles. The van der Waals surface area contributed by atoms with Gasteiger partial charge in [0.1, 0.15) is 13.2 Å². The van der Waals surface area contributed by atoms with Gasteiger partial charge in [0.25, 0.3) is 0 Å². The second kappa shape index (κ2) is 54.7. The van der Waals surface area contributed by atoms with E-state index in [1.807, 2.05) is 0 Å². The highest BCUT2D eigenvalue weighted by atomic mass is 16.6. The molecule has 0 N–H and O–H groups in total. The van der Waals surface area contributed by atoms with E-state index in [-0.39, 0.29) is 37.5 Å². The van der Waals surface area contributed by atoms with Gasteiger partial charge in [-0.2, -0.15) is 0 Å². The molecule has 0 aromatic carbocycles. The van der Waals surface area contributed by atoms with Crippen LogP contribution in [0.15, 0.2) is 109 Å². The largest absolute Gasteiger partial charge is 0.462 e. The Bertz CT molecular complexity index is 1390. The maximum atomic E-state index is 12.8. The number of esters is 3. The van der Waals surface area contributed by atoms with Crippen molar-refractivity contribution < 1.29 is 28.6 Å². The normalized spacial score (nSPS) is 12.9. The molecule has 0 aliphatic carbocycles. The van der Waals surface area contributed by atoms with Crippen molar-refractivity contribution in [3.63, 3.8) is 0 Å². The first kappa shape index (κ1) is 63.1. The highest BCUT2D eigenvalue weighted by Gasteiger charge is 2.19. The molecule has 0 amide bonds. The van der Waals surface area contributed by atoms with Crippen LogP contribution in [0.1, 0.15) is 239 Å². The molecule has 0 aliphatic rings. The molecule has 0 bridgehead atoms. The second-order valence-electron chi connectivity index (χ2n) is 17.8. The predicted molar refractivity (Wildman–Crippen MR) is 288 cm³/mol. The first-order chi connectivity index (χ1) is 33.0. The summed E-state index contributed by atoms with van der Waals surface area (Å²) in [5, 5.41) is 0. The van der Waals surface area contributed by atoms with Crippen LogP contribution in [0.5, 0.6) is 0 Å². The third-order valence-electron chi connectivity index (χ3n) is 11.3. The second-order valence-corrected chi connectivity index (χ2v) is 17.8. The zero-order chi connectivity index (χ0) is 48.6. The van der Waals surface area contributed by atoms with Gasteiger partial charge in [0.2, 0.25) is 0 Å². The van der Waals surface area contributed by atoms with Crippen molar-refractivity contribution in [1.29, 1.82) is 0 Å². The molecule has 0 fully saturated rings. The van der Waals surface area contributed by atoms with Crippen molar-refractivity contribution >= 4 is 17.9 Å². The lowest BCUT2D eigenvalue weighted by Gasteiger charge is -2.18. The summed E-state index contributed by atoms with van der Waals surface area (Å²) in [5.41, 5.74) is 0. The van der Waals surface area contributed by atoms with E-state index in [0.29, 0.717) is 19.3 Å². The predicted octanol–water partition coefficient (Wildman–Crippen LogP) is 18.3. The minimum Gasteiger partial charge on any atom is -0.462 e. The van der Waals surface area contributed by atoms with Crippen molar-refractivity contribution in [3.8, 4) is 0 Å². The quantitative estimate of drug-likeness (QED) is 0.0199. The van der Waals surface area contributed by atoms with Crippen LogP contribution in [-0.2, 0) is 28.6 Å². The van der Waals surface area contributed by atoms with Gasteiger partial charge in [-0.25, -0.2) is 0 Å². The van der Waals surface area contributed by atoms with Crippen LogP contribution in [-0.4, -0.2) is 37.2 Å². The molecule has 67 heavy (non-hydrogen) atoms. The van der Waals surface area contributed by atoms with Crippen LogP contribution in [0, 0.1) is 0 Å². The van der Waals surface area contributed by atoms with Crippen LogP contribution < -0.4 is 0 Å². The molecule has 0 radical (unpaired) electrons. The van der Waals surface area contributed by atoms with E-state index in [2.05, 4.69) is 130 Å². The van der Waals surface area contributed by atoms with E-state index in [0.717, 1.165) is 103 Å². The molecule has 6 heteroatoms. The number of carbonyl (C=O) groups is 3. The zero-order valence-electron chi connectivity index (χ0n) is 43.4. The fourth-order valence-corrected chi connectivity index (χ4v) is 7.21. The smallest absolute Gasteiger partial charge is 0.306 e. The molecule has 380 valence electrons. The lowest BCUT2D eigenvalue weighted by molar-refractivity contribution is -0.167. The molecule has 1 atom stereocenters. The van der Waals surface area contributed by atoms with Crippen molar-refractivity contribution in [2.75, 3.05) is 13.2 Å². The molecule has 6 nitrogen and oxygen atoms in total. The summed E-state index contributed by atoms with van der Waals surface area (Å²) in [6, 6.07) is 0. The van der Waals surface area contributed by atoms with Crippen molar-refractivity contribution in [2.45, 2.75) is 245 Å². The number of unbranched alkanes of at least 4 members (excludes halogenated alkanes) is 20. The van der Waals surface area contributed by atoms with Gasteiger partial charge in [-0.1, -0.05) is 220 Å². The highest BCUT2D eigenvalue weighted by molar-refractivity contribution is 5.71. The molecule has 0 saturated heterocycles. The van der Waals surface area contributed by atoms with Gasteiger partial charge in [-0.3, -0.25) is 14.4 Å². The van der Waals surface area contributed by atoms with E-state index >= 15 is 0 Å². The molecular weight excluding hydrogens is 829 g/mol. The number of carbonyl (C=O) groups excluding carboxylic acids is 3. The molecular formula is C61H100O6. The maximum absolute atomic E-state index is 12.8. The molecule has 0 aliphatic heterocycles. The molecule has 0 heterocycles. The molecule has 0 spiro atoms. The number of hydrogen-bond acceptors (Lipinski definition) is 6. The van der Waals surface area contributed by atoms with Crippen molar-refractivity contribution in [3.05, 3.63) is 109 Å². The SMILES string of the molecule is CC/C=C\C/C=C\C/C=C\C/C=C\CCCCCCCCC(=O)OCC(COC(=O)CCC/C=C\C/C=C\C/C=C\CC)OC(=O)CCCCCCCCCCCC/C=C\C=C/CCCCC. The third kappa shape index (κ3) is 52.9. The topological polar surface area (TPSA) is 78.9 Å². The minimum atomic E-state index is -0.808. The summed E-state index contributed by atoms with van der Waals surface area (Å²) < 4.78 is 16.8. The number of rotatable bonds is 48. The molecule has 0 saturated carbocycles. The standard InChI is InChI=1S/C61H100O6/c1-4-7-10-13-16-19-22-24-26-28-30-32-34-36-39-42-45-48-51-54-60(63)66-57-58(56-65-59(62)53-50-47-44-41-38-21-18-15-12-9-6-3)67-61(64)55-52-49-46-43-40-37-35-33-31-29-27-25-23-20-17-14-11-8-5-2/h7,9-10,12,16-21,23-26,30,32,41,44,58H,4-6,8,11,13-15,22,27-29,31,33-40,42-43,45-57H2,1-3H3/b10-7-,12-9-,19-16-,20-17-,21-18-,25-23-,26-24-,32-30-,44-41-. The fraction of sp³-hybridized carbons (Fsp3) is 0.656. The zero-order valence-corrected chi connectivity index (χ0v) is 43.4. The highest BCUT2D eigenvalue weighted by Crippen LogP contribution is 2.14. The van der Waals surface area contributed by atoms with Crippen LogP contribution in [0.3, 0.4) is 0 Å². The van der Waals surface area contributed by atoms with Crippen LogP contribution >= 0.6 is 0 Å². The number of allylic oxidation sites excluding steroid dienone is 18. The van der Waals surface area contributed by atoms with Gasteiger partial charge >= 0.3 is 17.9 Å². The summed E-state index contributed by atoms with van der Waals surface area (Å²) in [7, 11) is 0. The van der Waals surface area contributed by atoms with E-state index in [1.54, 1.807) is 0 Å². The van der Waals surface area contributed by atoms with Gasteiger partial charge in [0.05, 0.1) is 0 Å². The van der Waals surface area contributed by atoms with Crippen LogP contribution in [0.25, 0.3) is 0 Å². The molecule has 0 aromatic rings. The average molecular weight is 929 g/mol. The first-order valence-corrected chi connectivity index (χ1v) is 27.4. The summed E-state index contributed by atoms with van der Waals surface area (Å²) in [5.74, 6) is -0.979. The van der Waals surface area contributed by atoms with Gasteiger partial charge in [-0.15, -0.1) is 0 Å². The van der Waals surface area contributed by atoms with Crippen molar-refractivity contribution in [1.82, 2.24) is 0 Å². The summed E-state index contributed by atoms with van der Waals surface area (Å²) in [6.45, 7) is 6.31. The van der Waals surface area contributed by atoms with Crippen LogP contribution in [0.4, 0.5) is 0 Å². The summed E-state index contributed by atoms with van der Waals surface area (Å²) >= 11 is 0. The Morgan fingerprint density at radius 3 is 1.06 bits per heavy atom. The fourth-order valence-electron chi connectivity index (χ4n) is 7.21. The van der Waals surface area contributed by atoms with Gasteiger partial charge in [0, 0.05) is 19.3 Å². The van der Waals surface area contributed by atoms with Gasteiger partial charge in [-0.05, 0) is 109 Å². The Labute approximate surface area is 412 Å². The maximum Gasteiger partial charge on any atom is 0.306 e. The Hall–Kier alpha value is -3.93. The Balaban J connectivity index is 4.42. The summed E-state index contributed by atoms with van der Waals surface area (Å²) in [6.07, 6.45) is 73.7. The Morgan fingerprint density at radius 2 is 0.642 bits per heavy atom. The van der Waals surface area contributed by atoms with Crippen LogP contribution in [0.2, 0.25) is 0 Å². The lowest BCUT2D eigenvalue weighted by atomic mass is 10.1. The average Bonchev–Trinajstić information content (AvgIpc) is 3.33. The molecule has 1 unspecified atom stereocenters.